The van der Waals surface area contributed by atoms with E-state index in [1.165, 1.54) is 11.5 Å². The summed E-state index contributed by atoms with van der Waals surface area (Å²) in [6.07, 6.45) is -4.07. The number of hydrogen-bond donors (Lipinski definition) is 6. The first-order valence-electron chi connectivity index (χ1n) is 7.11. The number of H-pyrrole nitrogens is 1. The number of nitrogens with one attached hydrogen (secondary N) is 1. The van der Waals surface area contributed by atoms with Gasteiger partial charge in [-0.25, -0.2) is 9.55 Å². The zero-order valence-corrected chi connectivity index (χ0v) is 16.2. The van der Waals surface area contributed by atoms with Crippen molar-refractivity contribution in [2.75, 3.05) is 12.3 Å². The summed E-state index contributed by atoms with van der Waals surface area (Å²) in [7, 11) is -4.80. The average Bonchev–Trinajstić information content (AvgIpc) is 2.92. The van der Waals surface area contributed by atoms with Gasteiger partial charge < -0.3 is 30.5 Å². The molecule has 1 saturated heterocycles. The molecule has 0 aliphatic carbocycles. The van der Waals surface area contributed by atoms with E-state index in [0.717, 1.165) is 0 Å². The summed E-state index contributed by atoms with van der Waals surface area (Å²) in [5.41, 5.74) is 3.02. The van der Waals surface area contributed by atoms with Crippen LogP contribution in [-0.2, 0) is 13.8 Å². The first-order valence-corrected chi connectivity index (χ1v) is 9.72. The summed E-state index contributed by atoms with van der Waals surface area (Å²) in [6, 6.07) is 0. The Bertz CT molecular complexity index is 954. The molecule has 0 unspecified atom stereocenters. The molecule has 0 saturated carbocycles. The number of phosphoric acid groups is 1. The van der Waals surface area contributed by atoms with Gasteiger partial charge in [0.05, 0.1) is 6.61 Å². The van der Waals surface area contributed by atoms with Gasteiger partial charge in [-0.1, -0.05) is 0 Å². The minimum absolute atomic E-state index is 0.0182. The highest BCUT2D eigenvalue weighted by molar-refractivity contribution is 14.1. The van der Waals surface area contributed by atoms with E-state index in [1.807, 2.05) is 0 Å². The molecule has 4 atom stereocenters. The lowest BCUT2D eigenvalue weighted by atomic mass is 9.96. The number of aliphatic hydroxyl groups excluding tert-OH is 1. The predicted molar refractivity (Wildman–Crippen MR) is 93.8 cm³/mol. The Morgan fingerprint density at radius 3 is 2.77 bits per heavy atom. The van der Waals surface area contributed by atoms with Gasteiger partial charge in [-0.05, 0) is 6.92 Å². The number of aromatic nitrogens is 4. The minimum atomic E-state index is -4.80. The van der Waals surface area contributed by atoms with Crippen molar-refractivity contribution in [2.45, 2.75) is 31.0 Å². The van der Waals surface area contributed by atoms with Crippen LogP contribution in [0.15, 0.2) is 4.79 Å². The number of nitrogens with two attached hydrogens (primary N) is 1. The maximum absolute atomic E-state index is 12.0. The highest BCUT2D eigenvalue weighted by atomic mass is 127. The van der Waals surface area contributed by atoms with Crippen molar-refractivity contribution in [3.63, 3.8) is 0 Å². The Kier molecular flexibility index (Phi) is 4.90. The molecule has 3 heterocycles. The van der Waals surface area contributed by atoms with Gasteiger partial charge in [-0.2, -0.15) is 4.98 Å². The number of aromatic amines is 1. The lowest BCUT2D eigenvalue weighted by Crippen LogP contribution is -2.44. The van der Waals surface area contributed by atoms with Crippen LogP contribution in [-0.4, -0.2) is 63.9 Å². The number of phosphoric ester groups is 1. The molecule has 0 amide bonds. The minimum Gasteiger partial charge on any atom is -0.387 e. The molecular weight excluding hydrogens is 488 g/mol. The second kappa shape index (κ2) is 6.49. The first kappa shape index (κ1) is 19.6. The Hall–Kier alpha value is -1.13. The third-order valence-electron chi connectivity index (χ3n) is 3.92. The van der Waals surface area contributed by atoms with Gasteiger partial charge in [-0.3, -0.25) is 18.9 Å². The van der Waals surface area contributed by atoms with Crippen molar-refractivity contribution in [1.29, 1.82) is 0 Å². The van der Waals surface area contributed by atoms with Gasteiger partial charge in [0.25, 0.3) is 5.56 Å². The Morgan fingerprint density at radius 1 is 1.50 bits per heavy atom. The summed E-state index contributed by atoms with van der Waals surface area (Å²) in [5.74, 6) is -0.181. The van der Waals surface area contributed by atoms with Crippen molar-refractivity contribution in [1.82, 2.24) is 19.5 Å². The van der Waals surface area contributed by atoms with E-state index in [9.17, 15) is 19.6 Å². The van der Waals surface area contributed by atoms with Crippen LogP contribution in [0.3, 0.4) is 0 Å². The molecule has 15 heteroatoms. The van der Waals surface area contributed by atoms with Gasteiger partial charge >= 0.3 is 7.82 Å². The molecule has 0 radical (unpaired) electrons. The molecule has 7 N–H and O–H groups in total. The van der Waals surface area contributed by atoms with Crippen LogP contribution < -0.4 is 11.3 Å². The molecule has 1 aliphatic heterocycles. The zero-order valence-electron chi connectivity index (χ0n) is 13.1. The SMILES string of the molecule is C[C@@]1(O)[C@H](O)[C@@H](COP(=O)(O)O)O[C@H]1n1c(I)nc2c(=O)[nH]c(N)nc21. The molecule has 2 aromatic rings. The first-order chi connectivity index (χ1) is 11.9. The number of fused-ring (bicyclic) bond motifs is 1. The smallest absolute Gasteiger partial charge is 0.387 e. The van der Waals surface area contributed by atoms with E-state index in [2.05, 4.69) is 19.5 Å². The van der Waals surface area contributed by atoms with E-state index in [1.54, 1.807) is 22.6 Å². The number of rotatable bonds is 4. The van der Waals surface area contributed by atoms with Crippen molar-refractivity contribution in [3.05, 3.63) is 14.2 Å². The number of halogens is 1. The highest BCUT2D eigenvalue weighted by Gasteiger charge is 2.54. The van der Waals surface area contributed by atoms with Gasteiger partial charge in [0.2, 0.25) is 5.95 Å². The second-order valence-corrected chi connectivity index (χ2v) is 8.06. The number of hydrogen-bond acceptors (Lipinski definition) is 9. The molecule has 3 rings (SSSR count). The predicted octanol–water partition coefficient (Wildman–Crippen LogP) is -1.58. The van der Waals surface area contributed by atoms with E-state index in [4.69, 9.17) is 20.3 Å². The van der Waals surface area contributed by atoms with Gasteiger partial charge in [0.1, 0.15) is 17.8 Å². The fourth-order valence-corrected chi connectivity index (χ4v) is 3.77. The normalized spacial score (nSPS) is 29.5. The van der Waals surface area contributed by atoms with Gasteiger partial charge in [0, 0.05) is 22.6 Å². The largest absolute Gasteiger partial charge is 0.469 e. The third kappa shape index (κ3) is 3.38. The number of anilines is 1. The monoisotopic (exact) mass is 503 g/mol. The lowest BCUT2D eigenvalue weighted by molar-refractivity contribution is -0.0960. The number of imidazole rings is 1. The van der Waals surface area contributed by atoms with Crippen LogP contribution >= 0.6 is 30.4 Å². The average molecular weight is 503 g/mol. The summed E-state index contributed by atoms with van der Waals surface area (Å²) >= 11 is 1.79. The topological polar surface area (TPSA) is 206 Å². The molecule has 0 spiro atoms. The highest BCUT2D eigenvalue weighted by Crippen LogP contribution is 2.43. The van der Waals surface area contributed by atoms with E-state index in [-0.39, 0.29) is 20.9 Å². The summed E-state index contributed by atoms with van der Waals surface area (Å²) in [5, 5.41) is 21.0. The lowest BCUT2D eigenvalue weighted by Gasteiger charge is -2.27. The number of nitrogens with zero attached hydrogens (tertiary/aromatic N) is 3. The maximum atomic E-state index is 12.0. The second-order valence-electron chi connectivity index (χ2n) is 5.86. The van der Waals surface area contributed by atoms with Crippen LogP contribution in [0.2, 0.25) is 0 Å². The standard InChI is InChI=1S/C11H15IN5O8P/c1-11(20)5(18)3(2-24-26(21,22)23)25-8(11)17-6-4(14-9(17)12)7(19)16-10(13)15-6/h3,5,8,18,20H,2H2,1H3,(H2,21,22,23)(H3,13,15,16,19)/t3-,5-,8-,11-/m1/s1. The summed E-state index contributed by atoms with van der Waals surface area (Å²) in [6.45, 7) is 0.593. The fourth-order valence-electron chi connectivity index (χ4n) is 2.71. The van der Waals surface area contributed by atoms with E-state index < -0.39 is 44.0 Å². The summed E-state index contributed by atoms with van der Waals surface area (Å²) in [4.78, 5) is 39.9. The molecule has 13 nitrogen and oxygen atoms in total. The number of nitrogen functional groups attached to an aromatic ring is 1. The Morgan fingerprint density at radius 2 is 2.15 bits per heavy atom. The quantitative estimate of drug-likeness (QED) is 0.160. The molecule has 0 bridgehead atoms. The van der Waals surface area contributed by atoms with Crippen molar-refractivity contribution < 1.29 is 33.8 Å². The van der Waals surface area contributed by atoms with E-state index in [0.29, 0.717) is 0 Å². The van der Waals surface area contributed by atoms with Crippen LogP contribution in [0.5, 0.6) is 0 Å². The van der Waals surface area contributed by atoms with E-state index >= 15 is 0 Å². The number of ether oxygens (including phenoxy) is 1. The molecule has 1 aliphatic rings. The van der Waals surface area contributed by atoms with Crippen LogP contribution in [0, 0.1) is 3.83 Å². The van der Waals surface area contributed by atoms with Crippen molar-refractivity contribution in [3.8, 4) is 0 Å². The molecule has 2 aromatic heterocycles. The molecule has 26 heavy (non-hydrogen) atoms. The molecule has 0 aromatic carbocycles. The number of aliphatic hydroxyl groups is 2. The maximum Gasteiger partial charge on any atom is 0.469 e. The third-order valence-corrected chi connectivity index (χ3v) is 5.17. The Balaban J connectivity index is 2.04. The van der Waals surface area contributed by atoms with Gasteiger partial charge in [0.15, 0.2) is 21.2 Å². The Labute approximate surface area is 158 Å². The van der Waals surface area contributed by atoms with Crippen molar-refractivity contribution in [2.24, 2.45) is 0 Å². The van der Waals surface area contributed by atoms with Crippen molar-refractivity contribution >= 4 is 47.5 Å². The zero-order chi connectivity index (χ0) is 19.4. The molecule has 144 valence electrons. The van der Waals surface area contributed by atoms with Crippen LogP contribution in [0.25, 0.3) is 11.2 Å². The van der Waals surface area contributed by atoms with Crippen LogP contribution in [0.4, 0.5) is 5.95 Å². The summed E-state index contributed by atoms with van der Waals surface area (Å²) < 4.78 is 22.3. The fraction of sp³-hybridized carbons (Fsp3) is 0.545. The van der Waals surface area contributed by atoms with Crippen LogP contribution in [0.1, 0.15) is 13.2 Å². The molecule has 1 fully saturated rings. The molecular formula is C11H15IN5O8P. The van der Waals surface area contributed by atoms with Gasteiger partial charge in [-0.15, -0.1) is 0 Å².